The highest BCUT2D eigenvalue weighted by Crippen LogP contribution is 2.22. The third-order valence-corrected chi connectivity index (χ3v) is 3.00. The van der Waals surface area contributed by atoms with Gasteiger partial charge < -0.3 is 10.5 Å². The van der Waals surface area contributed by atoms with E-state index in [0.717, 1.165) is 5.56 Å². The van der Waals surface area contributed by atoms with Gasteiger partial charge in [-0.15, -0.1) is 0 Å². The van der Waals surface area contributed by atoms with E-state index in [1.165, 1.54) is 0 Å². The van der Waals surface area contributed by atoms with Gasteiger partial charge >= 0.3 is 5.97 Å². The van der Waals surface area contributed by atoms with Crippen LogP contribution in [0.4, 0.5) is 0 Å². The summed E-state index contributed by atoms with van der Waals surface area (Å²) in [5.74, 6) is -0.557. The Balaban J connectivity index is 2.67. The number of H-pyrrole nitrogens is 1. The molecule has 0 amide bonds. The van der Waals surface area contributed by atoms with Gasteiger partial charge in [-0.3, -0.25) is 4.79 Å². The molecule has 0 fully saturated rings. The Morgan fingerprint density at radius 3 is 2.67 bits per heavy atom. The molecular weight excluding hydrogens is 270 g/mol. The number of esters is 1. The maximum Gasteiger partial charge on any atom is 0.340 e. The number of carbonyl (C=O) groups is 1. The molecule has 1 aromatic heterocycles. The van der Waals surface area contributed by atoms with Crippen molar-refractivity contribution >= 4 is 5.97 Å². The fourth-order valence-electron chi connectivity index (χ4n) is 2.10. The van der Waals surface area contributed by atoms with Crippen LogP contribution in [-0.4, -0.2) is 29.3 Å². The summed E-state index contributed by atoms with van der Waals surface area (Å²) >= 11 is 0. The second-order valence-electron chi connectivity index (χ2n) is 4.38. The Labute approximate surface area is 121 Å². The molecule has 0 atom stereocenters. The van der Waals surface area contributed by atoms with Gasteiger partial charge in [-0.25, -0.2) is 9.89 Å². The zero-order valence-electron chi connectivity index (χ0n) is 11.8. The minimum atomic E-state index is -0.557. The number of nitrogens with one attached hydrogen (secondary N) is 1. The smallest absolute Gasteiger partial charge is 0.340 e. The van der Waals surface area contributed by atoms with E-state index in [4.69, 9.17) is 10.5 Å². The third kappa shape index (κ3) is 3.17. The van der Waals surface area contributed by atoms with Crippen LogP contribution < -0.4 is 11.3 Å². The van der Waals surface area contributed by atoms with Crippen molar-refractivity contribution in [3.05, 3.63) is 51.8 Å². The minimum absolute atomic E-state index is 0.192. The van der Waals surface area contributed by atoms with Gasteiger partial charge in [-0.2, -0.15) is 5.10 Å². The fraction of sp³-hybridized carbons (Fsp3) is 0.267. The first-order chi connectivity index (χ1) is 10.2. The first-order valence-corrected chi connectivity index (χ1v) is 6.73. The van der Waals surface area contributed by atoms with Gasteiger partial charge in [0, 0.05) is 11.1 Å². The number of carbonyl (C=O) groups excluding carboxylic acids is 1. The summed E-state index contributed by atoms with van der Waals surface area (Å²) in [5, 5.41) is 6.44. The first-order valence-electron chi connectivity index (χ1n) is 6.73. The SMILES string of the molecule is CCOC(=O)c1c(-c2ccccc2)n[nH]c(=O)c1CCN. The number of hydrogen-bond donors (Lipinski definition) is 2. The number of rotatable bonds is 5. The van der Waals surface area contributed by atoms with Crippen LogP contribution in [-0.2, 0) is 11.2 Å². The number of aromatic amines is 1. The van der Waals surface area contributed by atoms with E-state index in [-0.39, 0.29) is 25.1 Å². The molecule has 0 bridgehead atoms. The molecular formula is C15H17N3O3. The van der Waals surface area contributed by atoms with E-state index in [1.807, 2.05) is 30.3 Å². The van der Waals surface area contributed by atoms with Crippen LogP contribution in [0.3, 0.4) is 0 Å². The normalized spacial score (nSPS) is 10.4. The van der Waals surface area contributed by atoms with E-state index in [0.29, 0.717) is 11.3 Å². The highest BCUT2D eigenvalue weighted by Gasteiger charge is 2.22. The average molecular weight is 287 g/mol. The number of aromatic nitrogens is 2. The van der Waals surface area contributed by atoms with Crippen molar-refractivity contribution in [1.82, 2.24) is 10.2 Å². The van der Waals surface area contributed by atoms with E-state index in [9.17, 15) is 9.59 Å². The Hall–Kier alpha value is -2.47. The molecule has 0 saturated heterocycles. The number of nitrogens with two attached hydrogens (primary N) is 1. The van der Waals surface area contributed by atoms with Crippen LogP contribution in [0.1, 0.15) is 22.8 Å². The number of hydrogen-bond acceptors (Lipinski definition) is 5. The van der Waals surface area contributed by atoms with Crippen LogP contribution in [0.5, 0.6) is 0 Å². The lowest BCUT2D eigenvalue weighted by Gasteiger charge is -2.11. The third-order valence-electron chi connectivity index (χ3n) is 3.00. The summed E-state index contributed by atoms with van der Waals surface area (Å²) in [6.07, 6.45) is 0.284. The van der Waals surface area contributed by atoms with Crippen LogP contribution >= 0.6 is 0 Å². The summed E-state index contributed by atoms with van der Waals surface area (Å²) in [7, 11) is 0. The lowest BCUT2D eigenvalue weighted by molar-refractivity contribution is 0.0525. The maximum atomic E-state index is 12.2. The zero-order valence-corrected chi connectivity index (χ0v) is 11.8. The second kappa shape index (κ2) is 6.81. The Morgan fingerprint density at radius 2 is 2.05 bits per heavy atom. The van der Waals surface area contributed by atoms with Crippen molar-refractivity contribution < 1.29 is 9.53 Å². The second-order valence-corrected chi connectivity index (χ2v) is 4.38. The van der Waals surface area contributed by atoms with Crippen molar-refractivity contribution in [3.8, 4) is 11.3 Å². The van der Waals surface area contributed by atoms with Crippen molar-refractivity contribution in [2.45, 2.75) is 13.3 Å². The van der Waals surface area contributed by atoms with Crippen LogP contribution in [0.15, 0.2) is 35.1 Å². The molecule has 110 valence electrons. The number of benzene rings is 1. The predicted octanol–water partition coefficient (Wildman–Crippen LogP) is 1.11. The molecule has 21 heavy (non-hydrogen) atoms. The molecule has 3 N–H and O–H groups in total. The Morgan fingerprint density at radius 1 is 1.33 bits per heavy atom. The number of ether oxygens (including phenoxy) is 1. The van der Waals surface area contributed by atoms with Crippen LogP contribution in [0, 0.1) is 0 Å². The highest BCUT2D eigenvalue weighted by atomic mass is 16.5. The van der Waals surface area contributed by atoms with Gasteiger partial charge in [-0.1, -0.05) is 30.3 Å². The maximum absolute atomic E-state index is 12.2. The summed E-state index contributed by atoms with van der Waals surface area (Å²) in [4.78, 5) is 24.2. The molecule has 0 aliphatic heterocycles. The zero-order chi connectivity index (χ0) is 15.2. The average Bonchev–Trinajstić information content (AvgIpc) is 2.50. The standard InChI is InChI=1S/C15H17N3O3/c1-2-21-15(20)12-11(8-9-16)14(19)18-17-13(12)10-6-4-3-5-7-10/h3-7H,2,8-9,16H2,1H3,(H,18,19). The van der Waals surface area contributed by atoms with Crippen molar-refractivity contribution in [2.75, 3.05) is 13.2 Å². The molecule has 6 heteroatoms. The van der Waals surface area contributed by atoms with Crippen LogP contribution in [0.25, 0.3) is 11.3 Å². The van der Waals surface area contributed by atoms with Crippen molar-refractivity contribution in [1.29, 1.82) is 0 Å². The Kier molecular flexibility index (Phi) is 4.84. The quantitative estimate of drug-likeness (QED) is 0.803. The summed E-state index contributed by atoms with van der Waals surface area (Å²) in [6.45, 7) is 2.19. The lowest BCUT2D eigenvalue weighted by Crippen LogP contribution is -2.24. The van der Waals surface area contributed by atoms with Gasteiger partial charge in [0.05, 0.1) is 12.2 Å². The molecule has 2 rings (SSSR count). The monoisotopic (exact) mass is 287 g/mol. The van der Waals surface area contributed by atoms with E-state index >= 15 is 0 Å². The van der Waals surface area contributed by atoms with Crippen LogP contribution in [0.2, 0.25) is 0 Å². The minimum Gasteiger partial charge on any atom is -0.462 e. The number of nitrogens with zero attached hydrogens (tertiary/aromatic N) is 1. The Bertz CT molecular complexity index is 680. The molecule has 2 aromatic rings. The summed E-state index contributed by atoms with van der Waals surface area (Å²) in [5.41, 5.74) is 6.76. The highest BCUT2D eigenvalue weighted by molar-refractivity contribution is 5.97. The van der Waals surface area contributed by atoms with E-state index in [2.05, 4.69) is 10.2 Å². The van der Waals surface area contributed by atoms with E-state index < -0.39 is 11.5 Å². The van der Waals surface area contributed by atoms with E-state index in [1.54, 1.807) is 6.92 Å². The molecule has 0 radical (unpaired) electrons. The van der Waals surface area contributed by atoms with Gasteiger partial charge in [0.1, 0.15) is 5.69 Å². The molecule has 6 nitrogen and oxygen atoms in total. The molecule has 0 unspecified atom stereocenters. The predicted molar refractivity (Wildman–Crippen MR) is 79.0 cm³/mol. The first kappa shape index (κ1) is 14.9. The van der Waals surface area contributed by atoms with Crippen molar-refractivity contribution in [2.24, 2.45) is 5.73 Å². The molecule has 0 aliphatic rings. The topological polar surface area (TPSA) is 98.1 Å². The molecule has 0 saturated carbocycles. The van der Waals surface area contributed by atoms with Crippen molar-refractivity contribution in [3.63, 3.8) is 0 Å². The van der Waals surface area contributed by atoms with Gasteiger partial charge in [0.2, 0.25) is 0 Å². The lowest BCUT2D eigenvalue weighted by atomic mass is 10.0. The fourth-order valence-corrected chi connectivity index (χ4v) is 2.10. The van der Waals surface area contributed by atoms with Gasteiger partial charge in [0.25, 0.3) is 5.56 Å². The summed E-state index contributed by atoms with van der Waals surface area (Å²) in [6, 6.07) is 9.16. The van der Waals surface area contributed by atoms with Gasteiger partial charge in [0.15, 0.2) is 0 Å². The van der Waals surface area contributed by atoms with Gasteiger partial charge in [-0.05, 0) is 19.9 Å². The molecule has 1 heterocycles. The molecule has 0 aliphatic carbocycles. The largest absolute Gasteiger partial charge is 0.462 e. The molecule has 0 spiro atoms. The molecule has 1 aromatic carbocycles. The summed E-state index contributed by atoms with van der Waals surface area (Å²) < 4.78 is 5.06.